The van der Waals surface area contributed by atoms with Gasteiger partial charge in [-0.2, -0.15) is 5.11 Å². The highest BCUT2D eigenvalue weighted by Crippen LogP contribution is 2.02. The molecule has 0 aliphatic heterocycles. The lowest BCUT2D eigenvalue weighted by Crippen LogP contribution is -2.21. The molecule has 0 saturated heterocycles. The molecule has 1 unspecified atom stereocenters. The van der Waals surface area contributed by atoms with Gasteiger partial charge in [0.2, 0.25) is 0 Å². The Morgan fingerprint density at radius 1 is 1.43 bits per heavy atom. The van der Waals surface area contributed by atoms with Gasteiger partial charge in [-0.25, -0.2) is 4.79 Å². The van der Waals surface area contributed by atoms with Gasteiger partial charge in [0.25, 0.3) is 6.23 Å². The molecule has 0 amide bonds. The van der Waals surface area contributed by atoms with Crippen LogP contribution in [0.15, 0.2) is 10.2 Å². The highest BCUT2D eigenvalue weighted by Gasteiger charge is 2.15. The Balaban J connectivity index is 3.56. The van der Waals surface area contributed by atoms with Crippen LogP contribution in [0.5, 0.6) is 0 Å². The number of azo groups is 1. The van der Waals surface area contributed by atoms with Crippen LogP contribution in [-0.4, -0.2) is 31.0 Å². The van der Waals surface area contributed by atoms with Crippen molar-refractivity contribution in [2.24, 2.45) is 10.2 Å². The van der Waals surface area contributed by atoms with E-state index < -0.39 is 12.2 Å². The molecule has 0 aliphatic rings. The molecule has 0 rings (SSSR count). The molecule has 5 nitrogen and oxygen atoms in total. The third-order valence-corrected chi connectivity index (χ3v) is 1.71. The molecule has 1 atom stereocenters. The molecule has 82 valence electrons. The van der Waals surface area contributed by atoms with Crippen molar-refractivity contribution in [2.45, 2.75) is 38.8 Å². The molecular weight excluding hydrogens is 184 g/mol. The van der Waals surface area contributed by atoms with Gasteiger partial charge in [-0.15, -0.1) is 5.11 Å². The highest BCUT2D eigenvalue weighted by atomic mass is 16.5. The van der Waals surface area contributed by atoms with Gasteiger partial charge in [0.1, 0.15) is 0 Å². The molecule has 0 spiro atoms. The Bertz CT molecular complexity index is 183. The molecular formula is C9H18N2O3. The van der Waals surface area contributed by atoms with Gasteiger partial charge in [-0.05, 0) is 6.42 Å². The second-order valence-electron chi connectivity index (χ2n) is 2.94. The summed E-state index contributed by atoms with van der Waals surface area (Å²) in [7, 11) is 1.43. The summed E-state index contributed by atoms with van der Waals surface area (Å²) < 4.78 is 5.03. The van der Waals surface area contributed by atoms with Crippen LogP contribution in [0, 0.1) is 0 Å². The monoisotopic (exact) mass is 202 g/mol. The predicted octanol–water partition coefficient (Wildman–Crippen LogP) is 2.08. The van der Waals surface area contributed by atoms with Crippen molar-refractivity contribution in [3.8, 4) is 0 Å². The SMILES string of the molecule is CCCCCCOC(N=NC)C(=O)O. The van der Waals surface area contributed by atoms with E-state index in [9.17, 15) is 4.79 Å². The van der Waals surface area contributed by atoms with Gasteiger partial charge in [0, 0.05) is 13.7 Å². The zero-order chi connectivity index (χ0) is 10.8. The lowest BCUT2D eigenvalue weighted by molar-refractivity contribution is -0.150. The molecule has 0 fully saturated rings. The molecule has 0 aromatic rings. The second-order valence-corrected chi connectivity index (χ2v) is 2.94. The van der Waals surface area contributed by atoms with E-state index in [2.05, 4.69) is 17.2 Å². The van der Waals surface area contributed by atoms with Crippen LogP contribution in [0.4, 0.5) is 0 Å². The highest BCUT2D eigenvalue weighted by molar-refractivity contribution is 5.71. The molecule has 5 heteroatoms. The van der Waals surface area contributed by atoms with Gasteiger partial charge in [0.15, 0.2) is 0 Å². The first kappa shape index (κ1) is 13.0. The third-order valence-electron chi connectivity index (χ3n) is 1.71. The smallest absolute Gasteiger partial charge is 0.357 e. The number of carboxylic acid groups (broad SMARTS) is 1. The minimum absolute atomic E-state index is 0.427. The van der Waals surface area contributed by atoms with Crippen molar-refractivity contribution < 1.29 is 14.6 Å². The van der Waals surface area contributed by atoms with Gasteiger partial charge in [-0.3, -0.25) is 0 Å². The van der Waals surface area contributed by atoms with Gasteiger partial charge in [-0.1, -0.05) is 26.2 Å². The summed E-state index contributed by atoms with van der Waals surface area (Å²) in [6.07, 6.45) is 3.10. The number of rotatable bonds is 8. The average Bonchev–Trinajstić information content (AvgIpc) is 2.15. The average molecular weight is 202 g/mol. The summed E-state index contributed by atoms with van der Waals surface area (Å²) in [4.78, 5) is 10.5. The van der Waals surface area contributed by atoms with E-state index in [0.29, 0.717) is 6.61 Å². The summed E-state index contributed by atoms with van der Waals surface area (Å²) in [6, 6.07) is 0. The molecule has 14 heavy (non-hydrogen) atoms. The zero-order valence-corrected chi connectivity index (χ0v) is 8.77. The Kier molecular flexibility index (Phi) is 8.02. The number of nitrogens with zero attached hydrogens (tertiary/aromatic N) is 2. The van der Waals surface area contributed by atoms with E-state index in [4.69, 9.17) is 9.84 Å². The van der Waals surface area contributed by atoms with Crippen molar-refractivity contribution in [3.63, 3.8) is 0 Å². The van der Waals surface area contributed by atoms with Crippen LogP contribution >= 0.6 is 0 Å². The van der Waals surface area contributed by atoms with Crippen molar-refractivity contribution in [3.05, 3.63) is 0 Å². The first-order valence-electron chi connectivity index (χ1n) is 4.85. The first-order valence-corrected chi connectivity index (χ1v) is 4.85. The molecule has 0 saturated carbocycles. The maximum atomic E-state index is 10.5. The molecule has 0 bridgehead atoms. The fourth-order valence-electron chi connectivity index (χ4n) is 0.983. The summed E-state index contributed by atoms with van der Waals surface area (Å²) in [5, 5.41) is 15.5. The minimum Gasteiger partial charge on any atom is -0.478 e. The number of unbranched alkanes of at least 4 members (excludes halogenated alkanes) is 3. The lowest BCUT2D eigenvalue weighted by atomic mass is 10.2. The van der Waals surface area contributed by atoms with Crippen molar-refractivity contribution in [1.82, 2.24) is 0 Å². The maximum absolute atomic E-state index is 10.5. The number of hydrogen-bond acceptors (Lipinski definition) is 4. The number of hydrogen-bond donors (Lipinski definition) is 1. The van der Waals surface area contributed by atoms with Crippen LogP contribution in [-0.2, 0) is 9.53 Å². The fourth-order valence-corrected chi connectivity index (χ4v) is 0.983. The fraction of sp³-hybridized carbons (Fsp3) is 0.889. The molecule has 1 N–H and O–H groups in total. The summed E-state index contributed by atoms with van der Waals surface area (Å²) in [6.45, 7) is 2.54. The topological polar surface area (TPSA) is 71.2 Å². The lowest BCUT2D eigenvalue weighted by Gasteiger charge is -2.07. The molecule has 0 aromatic carbocycles. The third kappa shape index (κ3) is 6.54. The Labute approximate surface area is 84.2 Å². The van der Waals surface area contributed by atoms with E-state index in [1.165, 1.54) is 7.05 Å². The number of ether oxygens (including phenoxy) is 1. The minimum atomic E-state index is -1.14. The van der Waals surface area contributed by atoms with Crippen LogP contribution in [0.3, 0.4) is 0 Å². The number of carboxylic acids is 1. The van der Waals surface area contributed by atoms with Crippen LogP contribution in [0.2, 0.25) is 0 Å². The summed E-state index contributed by atoms with van der Waals surface area (Å²) in [5.41, 5.74) is 0. The van der Waals surface area contributed by atoms with E-state index in [1.54, 1.807) is 0 Å². The van der Waals surface area contributed by atoms with Crippen molar-refractivity contribution in [1.29, 1.82) is 0 Å². The summed E-state index contributed by atoms with van der Waals surface area (Å²) >= 11 is 0. The van der Waals surface area contributed by atoms with E-state index in [0.717, 1.165) is 25.7 Å². The molecule has 0 aliphatic carbocycles. The molecule has 0 aromatic heterocycles. The number of aliphatic carboxylic acids is 1. The zero-order valence-electron chi connectivity index (χ0n) is 8.77. The van der Waals surface area contributed by atoms with Crippen molar-refractivity contribution in [2.75, 3.05) is 13.7 Å². The quantitative estimate of drug-likeness (QED) is 0.483. The maximum Gasteiger partial charge on any atom is 0.357 e. The largest absolute Gasteiger partial charge is 0.478 e. The standard InChI is InChI=1S/C9H18N2O3/c1-3-4-5-6-7-14-8(9(12)13)11-10-2/h8H,3-7H2,1-2H3,(H,12,13). The van der Waals surface area contributed by atoms with Crippen LogP contribution in [0.25, 0.3) is 0 Å². The van der Waals surface area contributed by atoms with E-state index in [-0.39, 0.29) is 0 Å². The first-order chi connectivity index (χ1) is 6.72. The Morgan fingerprint density at radius 2 is 2.14 bits per heavy atom. The Morgan fingerprint density at radius 3 is 2.64 bits per heavy atom. The van der Waals surface area contributed by atoms with Gasteiger partial charge < -0.3 is 9.84 Å². The van der Waals surface area contributed by atoms with Crippen molar-refractivity contribution >= 4 is 5.97 Å². The number of carbonyl (C=O) groups is 1. The molecule has 0 heterocycles. The normalized spacial score (nSPS) is 13.3. The van der Waals surface area contributed by atoms with Crippen LogP contribution < -0.4 is 0 Å². The Hall–Kier alpha value is -0.970. The van der Waals surface area contributed by atoms with E-state index in [1.807, 2.05) is 0 Å². The molecule has 0 radical (unpaired) electrons. The van der Waals surface area contributed by atoms with Crippen LogP contribution in [0.1, 0.15) is 32.6 Å². The summed E-state index contributed by atoms with van der Waals surface area (Å²) in [5.74, 6) is -1.09. The second kappa shape index (κ2) is 8.62. The van der Waals surface area contributed by atoms with E-state index >= 15 is 0 Å². The van der Waals surface area contributed by atoms with Gasteiger partial charge in [0.05, 0.1) is 0 Å². The van der Waals surface area contributed by atoms with Gasteiger partial charge >= 0.3 is 5.97 Å². The predicted molar refractivity (Wildman–Crippen MR) is 52.3 cm³/mol.